The molecule has 1 saturated heterocycles. The Hall–Kier alpha value is -0.0800. The standard InChI is InChI=1S/C9H20N2/c1-11-7-4-9(5-8-11)3-2-6-10/h9H,2-8,10H2,1H3. The number of nitrogens with zero attached hydrogens (tertiary/aromatic N) is 1. The van der Waals surface area contributed by atoms with Gasteiger partial charge in [0.2, 0.25) is 0 Å². The van der Waals surface area contributed by atoms with Crippen LogP contribution in [-0.2, 0) is 0 Å². The molecule has 0 aromatic rings. The second-order valence-electron chi connectivity index (χ2n) is 3.68. The molecule has 0 amide bonds. The van der Waals surface area contributed by atoms with Crippen LogP contribution in [-0.4, -0.2) is 31.6 Å². The van der Waals surface area contributed by atoms with E-state index in [0.717, 1.165) is 12.5 Å². The van der Waals surface area contributed by atoms with Gasteiger partial charge in [-0.05, 0) is 58.3 Å². The Kier molecular flexibility index (Phi) is 3.87. The average molecular weight is 156 g/mol. The number of piperidine rings is 1. The third kappa shape index (κ3) is 3.21. The van der Waals surface area contributed by atoms with Crippen LogP contribution in [0.1, 0.15) is 25.7 Å². The molecule has 0 saturated carbocycles. The van der Waals surface area contributed by atoms with Crippen LogP contribution in [0.3, 0.4) is 0 Å². The van der Waals surface area contributed by atoms with Crippen LogP contribution >= 0.6 is 0 Å². The zero-order valence-corrected chi connectivity index (χ0v) is 7.55. The summed E-state index contributed by atoms with van der Waals surface area (Å²) in [6.07, 6.45) is 5.34. The Balaban J connectivity index is 2.07. The quantitative estimate of drug-likeness (QED) is 0.662. The molecule has 66 valence electrons. The molecule has 0 aliphatic carbocycles. The van der Waals surface area contributed by atoms with Crippen LogP contribution in [0, 0.1) is 5.92 Å². The highest BCUT2D eigenvalue weighted by atomic mass is 15.1. The molecule has 11 heavy (non-hydrogen) atoms. The molecular weight excluding hydrogens is 136 g/mol. The van der Waals surface area contributed by atoms with E-state index < -0.39 is 0 Å². The van der Waals surface area contributed by atoms with Crippen molar-refractivity contribution in [1.82, 2.24) is 4.90 Å². The van der Waals surface area contributed by atoms with Gasteiger partial charge in [-0.15, -0.1) is 0 Å². The summed E-state index contributed by atoms with van der Waals surface area (Å²) in [5.74, 6) is 0.967. The minimum atomic E-state index is 0.867. The van der Waals surface area contributed by atoms with Gasteiger partial charge in [0, 0.05) is 0 Å². The molecule has 2 N–H and O–H groups in total. The van der Waals surface area contributed by atoms with Crippen LogP contribution in [0.15, 0.2) is 0 Å². The second-order valence-corrected chi connectivity index (χ2v) is 3.68. The molecule has 1 heterocycles. The molecule has 2 nitrogen and oxygen atoms in total. The molecule has 0 bridgehead atoms. The molecule has 0 spiro atoms. The van der Waals surface area contributed by atoms with Gasteiger partial charge in [-0.1, -0.05) is 0 Å². The highest BCUT2D eigenvalue weighted by Crippen LogP contribution is 2.20. The van der Waals surface area contributed by atoms with Crippen LogP contribution in [0.2, 0.25) is 0 Å². The summed E-state index contributed by atoms with van der Waals surface area (Å²) in [7, 11) is 2.21. The van der Waals surface area contributed by atoms with Crippen molar-refractivity contribution in [1.29, 1.82) is 0 Å². The van der Waals surface area contributed by atoms with Crippen molar-refractivity contribution in [2.75, 3.05) is 26.7 Å². The summed E-state index contributed by atoms with van der Waals surface area (Å²) < 4.78 is 0. The Bertz CT molecular complexity index is 93.0. The first-order chi connectivity index (χ1) is 5.33. The topological polar surface area (TPSA) is 29.3 Å². The molecule has 2 heteroatoms. The molecule has 0 unspecified atom stereocenters. The average Bonchev–Trinajstić information content (AvgIpc) is 2.04. The fourth-order valence-corrected chi connectivity index (χ4v) is 1.76. The molecule has 1 aliphatic rings. The summed E-state index contributed by atoms with van der Waals surface area (Å²) in [6.45, 7) is 3.44. The van der Waals surface area contributed by atoms with E-state index in [2.05, 4.69) is 11.9 Å². The molecule has 0 aromatic heterocycles. The minimum absolute atomic E-state index is 0.867. The second kappa shape index (κ2) is 4.73. The third-order valence-electron chi connectivity index (χ3n) is 2.65. The molecule has 1 aliphatic heterocycles. The van der Waals surface area contributed by atoms with Crippen LogP contribution < -0.4 is 5.73 Å². The first kappa shape index (κ1) is 9.01. The van der Waals surface area contributed by atoms with Crippen LogP contribution in [0.5, 0.6) is 0 Å². The van der Waals surface area contributed by atoms with E-state index in [4.69, 9.17) is 5.73 Å². The molecule has 0 aromatic carbocycles. The zero-order chi connectivity index (χ0) is 8.10. The van der Waals surface area contributed by atoms with Crippen molar-refractivity contribution >= 4 is 0 Å². The van der Waals surface area contributed by atoms with Gasteiger partial charge >= 0.3 is 0 Å². The lowest BCUT2D eigenvalue weighted by atomic mass is 9.92. The van der Waals surface area contributed by atoms with E-state index in [1.165, 1.54) is 38.8 Å². The summed E-state index contributed by atoms with van der Waals surface area (Å²) in [6, 6.07) is 0. The first-order valence-electron chi connectivity index (χ1n) is 4.71. The zero-order valence-electron chi connectivity index (χ0n) is 7.55. The lowest BCUT2D eigenvalue weighted by Crippen LogP contribution is -2.30. The predicted molar refractivity (Wildman–Crippen MR) is 48.5 cm³/mol. The monoisotopic (exact) mass is 156 g/mol. The largest absolute Gasteiger partial charge is 0.330 e. The minimum Gasteiger partial charge on any atom is -0.330 e. The van der Waals surface area contributed by atoms with Gasteiger partial charge in [0.25, 0.3) is 0 Å². The predicted octanol–water partition coefficient (Wildman–Crippen LogP) is 1.07. The Labute approximate surface area is 69.8 Å². The van der Waals surface area contributed by atoms with E-state index in [1.54, 1.807) is 0 Å². The van der Waals surface area contributed by atoms with E-state index in [1.807, 2.05) is 0 Å². The van der Waals surface area contributed by atoms with Gasteiger partial charge in [-0.25, -0.2) is 0 Å². The SMILES string of the molecule is CN1CCC(CCCN)CC1. The van der Waals surface area contributed by atoms with Crippen molar-refractivity contribution < 1.29 is 0 Å². The maximum absolute atomic E-state index is 5.46. The van der Waals surface area contributed by atoms with E-state index >= 15 is 0 Å². The smallest absolute Gasteiger partial charge is 0.00191 e. The molecule has 1 fully saturated rings. The van der Waals surface area contributed by atoms with Gasteiger partial charge < -0.3 is 10.6 Å². The summed E-state index contributed by atoms with van der Waals surface area (Å²) in [4.78, 5) is 2.42. The van der Waals surface area contributed by atoms with Crippen molar-refractivity contribution in [2.24, 2.45) is 11.7 Å². The van der Waals surface area contributed by atoms with Crippen molar-refractivity contribution in [3.63, 3.8) is 0 Å². The normalized spacial score (nSPS) is 22.4. The summed E-state index contributed by atoms with van der Waals surface area (Å²) >= 11 is 0. The number of nitrogens with two attached hydrogens (primary N) is 1. The van der Waals surface area contributed by atoms with Crippen LogP contribution in [0.25, 0.3) is 0 Å². The number of hydrogen-bond acceptors (Lipinski definition) is 2. The maximum Gasteiger partial charge on any atom is -0.00191 e. The van der Waals surface area contributed by atoms with E-state index in [9.17, 15) is 0 Å². The van der Waals surface area contributed by atoms with Crippen molar-refractivity contribution in [3.05, 3.63) is 0 Å². The Morgan fingerprint density at radius 3 is 2.55 bits per heavy atom. The maximum atomic E-state index is 5.46. The molecule has 0 atom stereocenters. The first-order valence-corrected chi connectivity index (χ1v) is 4.71. The number of hydrogen-bond donors (Lipinski definition) is 1. The van der Waals surface area contributed by atoms with Gasteiger partial charge in [-0.3, -0.25) is 0 Å². The lowest BCUT2D eigenvalue weighted by Gasteiger charge is -2.28. The highest BCUT2D eigenvalue weighted by Gasteiger charge is 2.15. The Morgan fingerprint density at radius 2 is 2.00 bits per heavy atom. The van der Waals surface area contributed by atoms with Gasteiger partial charge in [-0.2, -0.15) is 0 Å². The van der Waals surface area contributed by atoms with Crippen LogP contribution in [0.4, 0.5) is 0 Å². The van der Waals surface area contributed by atoms with Gasteiger partial charge in [0.1, 0.15) is 0 Å². The lowest BCUT2D eigenvalue weighted by molar-refractivity contribution is 0.211. The van der Waals surface area contributed by atoms with Gasteiger partial charge in [0.05, 0.1) is 0 Å². The highest BCUT2D eigenvalue weighted by molar-refractivity contribution is 4.69. The Morgan fingerprint density at radius 1 is 1.36 bits per heavy atom. The molecular formula is C9H20N2. The summed E-state index contributed by atoms with van der Waals surface area (Å²) in [5.41, 5.74) is 5.46. The van der Waals surface area contributed by atoms with Gasteiger partial charge in [0.15, 0.2) is 0 Å². The fraction of sp³-hybridized carbons (Fsp3) is 1.00. The molecule has 0 radical (unpaired) electrons. The number of likely N-dealkylation sites (tertiary alicyclic amines) is 1. The fourth-order valence-electron chi connectivity index (χ4n) is 1.76. The third-order valence-corrected chi connectivity index (χ3v) is 2.65. The summed E-state index contributed by atoms with van der Waals surface area (Å²) in [5, 5.41) is 0. The molecule has 1 rings (SSSR count). The number of rotatable bonds is 3. The van der Waals surface area contributed by atoms with E-state index in [0.29, 0.717) is 0 Å². The van der Waals surface area contributed by atoms with Crippen molar-refractivity contribution in [2.45, 2.75) is 25.7 Å². The van der Waals surface area contributed by atoms with Crippen molar-refractivity contribution in [3.8, 4) is 0 Å². The van der Waals surface area contributed by atoms with E-state index in [-0.39, 0.29) is 0 Å².